The Kier molecular flexibility index (Phi) is 5.63. The third kappa shape index (κ3) is 4.11. The second kappa shape index (κ2) is 8.87. The molecule has 0 unspecified atom stereocenters. The Morgan fingerprint density at radius 3 is 2.69 bits per heavy atom. The Morgan fingerprint density at radius 2 is 1.84 bits per heavy atom. The number of aryl methyl sites for hydroxylation is 2. The Hall–Kier alpha value is -3.60. The van der Waals surface area contributed by atoms with Crippen molar-refractivity contribution >= 4 is 17.4 Å². The number of ether oxygens (including phenoxy) is 1. The van der Waals surface area contributed by atoms with Crippen LogP contribution in [0.2, 0.25) is 0 Å². The van der Waals surface area contributed by atoms with Crippen molar-refractivity contribution in [2.45, 2.75) is 32.1 Å². The summed E-state index contributed by atoms with van der Waals surface area (Å²) >= 11 is 0. The average Bonchev–Trinajstić information content (AvgIpc) is 3.17. The van der Waals surface area contributed by atoms with E-state index in [-0.39, 0.29) is 0 Å². The van der Waals surface area contributed by atoms with Crippen molar-refractivity contribution in [1.29, 1.82) is 0 Å². The number of rotatable bonds is 7. The quantitative estimate of drug-likeness (QED) is 0.536. The molecule has 162 valence electrons. The summed E-state index contributed by atoms with van der Waals surface area (Å²) in [5, 5.41) is 13.1. The van der Waals surface area contributed by atoms with Gasteiger partial charge in [0, 0.05) is 24.7 Å². The van der Waals surface area contributed by atoms with Gasteiger partial charge in [0.2, 0.25) is 0 Å². The van der Waals surface area contributed by atoms with Crippen molar-refractivity contribution in [2.75, 3.05) is 18.5 Å². The maximum absolute atomic E-state index is 11.9. The van der Waals surface area contributed by atoms with Crippen molar-refractivity contribution in [3.05, 3.63) is 94.2 Å². The zero-order chi connectivity index (χ0) is 21.9. The molecule has 2 aliphatic carbocycles. The maximum atomic E-state index is 11.9. The standard InChI is InChI=1S/C27H26N2O3/c30-27(31)24-17-21-6-3-5-18-8-9-19-15-22(11-10-20(19)16-23(24)26(18)21)32-14-4-13-29-25-7-1-2-12-28-25/h1-3,5-7,10-12,15H,4,8-9,13-14,16-17H2,(H,28,29)(H,30,31). The molecule has 5 rings (SSSR count). The summed E-state index contributed by atoms with van der Waals surface area (Å²) in [6, 6.07) is 18.3. The van der Waals surface area contributed by atoms with Gasteiger partial charge in [-0.2, -0.15) is 0 Å². The minimum Gasteiger partial charge on any atom is -0.494 e. The van der Waals surface area contributed by atoms with Gasteiger partial charge in [-0.15, -0.1) is 0 Å². The van der Waals surface area contributed by atoms with E-state index in [4.69, 9.17) is 4.74 Å². The molecule has 0 spiro atoms. The fraction of sp³-hybridized carbons (Fsp3) is 0.259. The number of hydrogen-bond acceptors (Lipinski definition) is 4. The first-order valence-corrected chi connectivity index (χ1v) is 11.1. The van der Waals surface area contributed by atoms with Crippen LogP contribution >= 0.6 is 0 Å². The number of aromatic nitrogens is 1. The number of aliphatic carboxylic acids is 1. The molecule has 0 radical (unpaired) electrons. The van der Waals surface area contributed by atoms with Gasteiger partial charge >= 0.3 is 5.97 Å². The van der Waals surface area contributed by atoms with E-state index in [1.54, 1.807) is 6.20 Å². The highest BCUT2D eigenvalue weighted by atomic mass is 16.5. The Labute approximate surface area is 187 Å². The van der Waals surface area contributed by atoms with Crippen molar-refractivity contribution in [2.24, 2.45) is 0 Å². The largest absolute Gasteiger partial charge is 0.494 e. The van der Waals surface area contributed by atoms with Crippen LogP contribution in [-0.4, -0.2) is 29.2 Å². The molecule has 5 nitrogen and oxygen atoms in total. The Balaban J connectivity index is 1.28. The van der Waals surface area contributed by atoms with E-state index in [0.717, 1.165) is 48.5 Å². The average molecular weight is 427 g/mol. The number of fused-ring (bicyclic) bond motifs is 1. The lowest BCUT2D eigenvalue weighted by molar-refractivity contribution is -0.132. The molecule has 2 aromatic carbocycles. The van der Waals surface area contributed by atoms with E-state index in [9.17, 15) is 9.90 Å². The Bertz CT molecular complexity index is 1180. The normalized spacial score (nSPS) is 14.2. The zero-order valence-electron chi connectivity index (χ0n) is 17.9. The molecule has 5 heteroatoms. The number of carboxylic acid groups (broad SMARTS) is 1. The number of benzene rings is 2. The molecule has 0 saturated carbocycles. The summed E-state index contributed by atoms with van der Waals surface area (Å²) in [6.07, 6.45) is 5.67. The number of hydrogen-bond donors (Lipinski definition) is 2. The summed E-state index contributed by atoms with van der Waals surface area (Å²) in [5.41, 5.74) is 7.55. The van der Waals surface area contributed by atoms with Gasteiger partial charge in [0.15, 0.2) is 0 Å². The van der Waals surface area contributed by atoms with Crippen LogP contribution in [0, 0.1) is 0 Å². The van der Waals surface area contributed by atoms with E-state index < -0.39 is 5.97 Å². The minimum absolute atomic E-state index is 0.525. The molecule has 0 fully saturated rings. The van der Waals surface area contributed by atoms with E-state index in [2.05, 4.69) is 40.6 Å². The predicted octanol–water partition coefficient (Wildman–Crippen LogP) is 4.70. The van der Waals surface area contributed by atoms with Gasteiger partial charge in [-0.1, -0.05) is 30.3 Å². The van der Waals surface area contributed by atoms with Gasteiger partial charge in [-0.05, 0) is 83.3 Å². The van der Waals surface area contributed by atoms with Gasteiger partial charge < -0.3 is 15.2 Å². The molecule has 2 aliphatic rings. The van der Waals surface area contributed by atoms with Crippen molar-refractivity contribution in [3.8, 4) is 5.75 Å². The molecule has 1 heterocycles. The molecule has 0 amide bonds. The lowest BCUT2D eigenvalue weighted by atomic mass is 9.85. The second-order valence-corrected chi connectivity index (χ2v) is 8.34. The molecule has 0 saturated heterocycles. The molecule has 2 N–H and O–H groups in total. The number of nitrogens with one attached hydrogen (secondary N) is 1. The topological polar surface area (TPSA) is 71.5 Å². The van der Waals surface area contributed by atoms with Gasteiger partial charge in [0.25, 0.3) is 0 Å². The Morgan fingerprint density at radius 1 is 0.969 bits per heavy atom. The van der Waals surface area contributed by atoms with Crippen LogP contribution in [0.15, 0.2) is 66.4 Å². The summed E-state index contributed by atoms with van der Waals surface area (Å²) in [6.45, 7) is 1.42. The molecule has 0 aliphatic heterocycles. The first-order valence-electron chi connectivity index (χ1n) is 11.1. The lowest BCUT2D eigenvalue weighted by Crippen LogP contribution is -2.10. The van der Waals surface area contributed by atoms with Crippen molar-refractivity contribution in [1.82, 2.24) is 4.98 Å². The number of nitrogens with zero attached hydrogens (tertiary/aromatic N) is 1. The van der Waals surface area contributed by atoms with Gasteiger partial charge in [0.05, 0.1) is 6.61 Å². The number of allylic oxidation sites excluding steroid dienone is 1. The van der Waals surface area contributed by atoms with Gasteiger partial charge in [-0.25, -0.2) is 9.78 Å². The van der Waals surface area contributed by atoms with Crippen LogP contribution < -0.4 is 10.1 Å². The SMILES string of the molecule is O=C(O)C1=C2Cc3ccc(OCCCNc4ccccn4)cc3CCc3cccc(c32)C1. The monoisotopic (exact) mass is 426 g/mol. The first-order chi connectivity index (χ1) is 15.7. The van der Waals surface area contributed by atoms with Crippen LogP contribution in [-0.2, 0) is 30.5 Å². The highest BCUT2D eigenvalue weighted by Gasteiger charge is 2.29. The van der Waals surface area contributed by atoms with Crippen molar-refractivity contribution < 1.29 is 14.6 Å². The molecular formula is C27H26N2O3. The van der Waals surface area contributed by atoms with Crippen LogP contribution in [0.25, 0.3) is 5.57 Å². The van der Waals surface area contributed by atoms with E-state index in [1.165, 1.54) is 22.3 Å². The van der Waals surface area contributed by atoms with Crippen LogP contribution in [0.4, 0.5) is 5.82 Å². The predicted molar refractivity (Wildman–Crippen MR) is 125 cm³/mol. The molecule has 0 atom stereocenters. The van der Waals surface area contributed by atoms with Crippen molar-refractivity contribution in [3.63, 3.8) is 0 Å². The highest BCUT2D eigenvalue weighted by Crippen LogP contribution is 2.40. The third-order valence-electron chi connectivity index (χ3n) is 6.30. The number of anilines is 1. The van der Waals surface area contributed by atoms with Crippen LogP contribution in [0.1, 0.15) is 34.2 Å². The number of carbonyl (C=O) groups is 1. The van der Waals surface area contributed by atoms with E-state index in [1.807, 2.05) is 24.3 Å². The van der Waals surface area contributed by atoms with Gasteiger partial charge in [-0.3, -0.25) is 0 Å². The molecule has 32 heavy (non-hydrogen) atoms. The highest BCUT2D eigenvalue weighted by molar-refractivity contribution is 6.01. The van der Waals surface area contributed by atoms with E-state index in [0.29, 0.717) is 25.0 Å². The first kappa shape index (κ1) is 20.3. The lowest BCUT2D eigenvalue weighted by Gasteiger charge is -2.20. The molecule has 1 aromatic heterocycles. The van der Waals surface area contributed by atoms with E-state index >= 15 is 0 Å². The summed E-state index contributed by atoms with van der Waals surface area (Å²) in [7, 11) is 0. The fourth-order valence-electron chi connectivity index (χ4n) is 4.75. The summed E-state index contributed by atoms with van der Waals surface area (Å²) in [4.78, 5) is 16.2. The summed E-state index contributed by atoms with van der Waals surface area (Å²) < 4.78 is 6.01. The smallest absolute Gasteiger partial charge is 0.332 e. The molecular weight excluding hydrogens is 400 g/mol. The summed E-state index contributed by atoms with van der Waals surface area (Å²) in [5.74, 6) is 0.942. The van der Waals surface area contributed by atoms with Crippen LogP contribution in [0.5, 0.6) is 5.75 Å². The van der Waals surface area contributed by atoms with Crippen LogP contribution in [0.3, 0.4) is 0 Å². The fourth-order valence-corrected chi connectivity index (χ4v) is 4.75. The number of carboxylic acids is 1. The molecule has 3 aromatic rings. The minimum atomic E-state index is -0.802. The van der Waals surface area contributed by atoms with Gasteiger partial charge in [0.1, 0.15) is 11.6 Å². The zero-order valence-corrected chi connectivity index (χ0v) is 17.9. The third-order valence-corrected chi connectivity index (χ3v) is 6.30. The molecule has 0 bridgehead atoms. The second-order valence-electron chi connectivity index (χ2n) is 8.34. The number of pyridine rings is 1. The maximum Gasteiger partial charge on any atom is 0.332 e.